The third-order valence-electron chi connectivity index (χ3n) is 6.00. The molecule has 2 aliphatic carbocycles. The van der Waals surface area contributed by atoms with Gasteiger partial charge in [-0.25, -0.2) is 0 Å². The van der Waals surface area contributed by atoms with Crippen molar-refractivity contribution in [1.82, 2.24) is 0 Å². The lowest BCUT2D eigenvalue weighted by atomic mass is 9.70. The van der Waals surface area contributed by atoms with E-state index in [1.165, 1.54) is 44.9 Å². The van der Waals surface area contributed by atoms with Crippen molar-refractivity contribution in [2.75, 3.05) is 6.79 Å². The Bertz CT molecular complexity index is 769. The molecule has 4 rings (SSSR count). The van der Waals surface area contributed by atoms with Crippen molar-refractivity contribution in [1.29, 1.82) is 0 Å². The summed E-state index contributed by atoms with van der Waals surface area (Å²) >= 11 is 0. The number of fused-ring (bicyclic) bond motifs is 1. The summed E-state index contributed by atoms with van der Waals surface area (Å²) in [5.74, 6) is 9.05. The summed E-state index contributed by atoms with van der Waals surface area (Å²) in [6.45, 7) is 0.344. The smallest absolute Gasteiger partial charge is 0.189 e. The Morgan fingerprint density at radius 3 is 2.22 bits per heavy atom. The minimum absolute atomic E-state index is 0.344. The fourth-order valence-corrected chi connectivity index (χ4v) is 4.48. The van der Waals surface area contributed by atoms with Crippen molar-refractivity contribution in [2.45, 2.75) is 51.0 Å². The molecule has 0 spiro atoms. The molecule has 2 saturated carbocycles. The van der Waals surface area contributed by atoms with Crippen LogP contribution in [0.1, 0.15) is 56.1 Å². The van der Waals surface area contributed by atoms with Crippen LogP contribution in [0.2, 0.25) is 0 Å². The van der Waals surface area contributed by atoms with Crippen LogP contribution in [-0.2, 0) is 4.74 Å². The van der Waals surface area contributed by atoms with Crippen LogP contribution in [0.15, 0.2) is 54.6 Å². The van der Waals surface area contributed by atoms with Gasteiger partial charge in [-0.1, -0.05) is 55.7 Å². The molecule has 0 radical (unpaired) electrons. The Kier molecular flexibility index (Phi) is 6.12. The van der Waals surface area contributed by atoms with Gasteiger partial charge >= 0.3 is 0 Å². The maximum Gasteiger partial charge on any atom is 0.189 e. The van der Waals surface area contributed by atoms with Crippen molar-refractivity contribution in [3.05, 3.63) is 65.7 Å². The summed E-state index contributed by atoms with van der Waals surface area (Å²) in [5, 5.41) is 0. The van der Waals surface area contributed by atoms with E-state index < -0.39 is 0 Å². The van der Waals surface area contributed by atoms with Crippen LogP contribution in [0.4, 0.5) is 0 Å². The predicted octanol–water partition coefficient (Wildman–Crippen LogP) is 5.80. The molecule has 0 saturated heterocycles. The lowest BCUT2D eigenvalue weighted by Crippen LogP contribution is -2.32. The Balaban J connectivity index is 1.23. The summed E-state index contributed by atoms with van der Waals surface area (Å²) in [5.41, 5.74) is 2.02. The van der Waals surface area contributed by atoms with Gasteiger partial charge in [0.15, 0.2) is 6.79 Å². The Morgan fingerprint density at radius 2 is 1.44 bits per heavy atom. The molecule has 2 heteroatoms. The first kappa shape index (κ1) is 18.1. The molecule has 0 aliphatic heterocycles. The van der Waals surface area contributed by atoms with E-state index >= 15 is 0 Å². The molecule has 140 valence electrons. The van der Waals surface area contributed by atoms with Crippen molar-refractivity contribution < 1.29 is 9.47 Å². The Hall–Kier alpha value is -2.24. The molecule has 2 fully saturated rings. The van der Waals surface area contributed by atoms with Crippen LogP contribution in [0.5, 0.6) is 5.75 Å². The van der Waals surface area contributed by atoms with Gasteiger partial charge in [-0.15, -0.1) is 0 Å². The van der Waals surface area contributed by atoms with E-state index in [4.69, 9.17) is 9.47 Å². The van der Waals surface area contributed by atoms with Gasteiger partial charge in [0.05, 0.1) is 6.10 Å². The van der Waals surface area contributed by atoms with Gasteiger partial charge in [0, 0.05) is 11.1 Å². The SMILES string of the molecule is C(#Cc1ccc(OCOC2CCC3CCCCC3C2)cc1)c1ccccc1. The highest BCUT2D eigenvalue weighted by atomic mass is 16.7. The number of benzene rings is 2. The van der Waals surface area contributed by atoms with Crippen LogP contribution in [-0.4, -0.2) is 12.9 Å². The van der Waals surface area contributed by atoms with Crippen molar-refractivity contribution in [2.24, 2.45) is 11.8 Å². The average Bonchev–Trinajstić information content (AvgIpc) is 2.74. The normalized spacial score (nSPS) is 24.4. The first-order valence-corrected chi connectivity index (χ1v) is 10.3. The minimum atomic E-state index is 0.344. The molecule has 0 aromatic heterocycles. The third-order valence-corrected chi connectivity index (χ3v) is 6.00. The zero-order chi connectivity index (χ0) is 18.3. The molecule has 0 heterocycles. The lowest BCUT2D eigenvalue weighted by Gasteiger charge is -2.39. The molecule has 0 bridgehead atoms. The monoisotopic (exact) mass is 360 g/mol. The zero-order valence-corrected chi connectivity index (χ0v) is 15.9. The number of hydrogen-bond acceptors (Lipinski definition) is 2. The molecular weight excluding hydrogens is 332 g/mol. The first-order chi connectivity index (χ1) is 13.4. The first-order valence-electron chi connectivity index (χ1n) is 10.3. The van der Waals surface area contributed by atoms with Gasteiger partial charge in [-0.3, -0.25) is 0 Å². The van der Waals surface area contributed by atoms with Gasteiger partial charge in [0.1, 0.15) is 5.75 Å². The van der Waals surface area contributed by atoms with Gasteiger partial charge in [0.2, 0.25) is 0 Å². The molecule has 3 unspecified atom stereocenters. The predicted molar refractivity (Wildman–Crippen MR) is 109 cm³/mol. The van der Waals surface area contributed by atoms with Crippen LogP contribution >= 0.6 is 0 Å². The van der Waals surface area contributed by atoms with Crippen LogP contribution in [0.3, 0.4) is 0 Å². The molecule has 0 N–H and O–H groups in total. The van der Waals surface area contributed by atoms with Crippen molar-refractivity contribution >= 4 is 0 Å². The summed E-state index contributed by atoms with van der Waals surface area (Å²) in [6.07, 6.45) is 9.81. The van der Waals surface area contributed by atoms with Gasteiger partial charge in [-0.05, 0) is 67.5 Å². The van der Waals surface area contributed by atoms with Crippen LogP contribution in [0.25, 0.3) is 0 Å². The second-order valence-corrected chi connectivity index (χ2v) is 7.81. The molecule has 2 aromatic carbocycles. The van der Waals surface area contributed by atoms with Gasteiger partial charge in [-0.2, -0.15) is 0 Å². The van der Waals surface area contributed by atoms with E-state index in [-0.39, 0.29) is 0 Å². The highest BCUT2D eigenvalue weighted by Gasteiger charge is 2.32. The third kappa shape index (κ3) is 5.15. The summed E-state index contributed by atoms with van der Waals surface area (Å²) in [7, 11) is 0. The second kappa shape index (κ2) is 9.11. The van der Waals surface area contributed by atoms with Crippen molar-refractivity contribution in [3.8, 4) is 17.6 Å². The van der Waals surface area contributed by atoms with E-state index in [0.717, 1.165) is 28.7 Å². The van der Waals surface area contributed by atoms with Gasteiger partial charge < -0.3 is 9.47 Å². The molecule has 27 heavy (non-hydrogen) atoms. The number of hydrogen-bond donors (Lipinski definition) is 0. The Labute approximate surface area is 162 Å². The minimum Gasteiger partial charge on any atom is -0.468 e. The van der Waals surface area contributed by atoms with E-state index in [1.807, 2.05) is 54.6 Å². The largest absolute Gasteiger partial charge is 0.468 e. The molecular formula is C25H28O2. The molecule has 2 nitrogen and oxygen atoms in total. The van der Waals surface area contributed by atoms with E-state index in [9.17, 15) is 0 Å². The summed E-state index contributed by atoms with van der Waals surface area (Å²) in [4.78, 5) is 0. The maximum atomic E-state index is 6.02. The molecule has 3 atom stereocenters. The molecule has 0 amide bonds. The van der Waals surface area contributed by atoms with Crippen LogP contribution < -0.4 is 4.74 Å². The quantitative estimate of drug-likeness (QED) is 0.507. The number of rotatable bonds is 4. The summed E-state index contributed by atoms with van der Waals surface area (Å²) < 4.78 is 11.8. The number of ether oxygens (including phenoxy) is 2. The van der Waals surface area contributed by atoms with Crippen molar-refractivity contribution in [3.63, 3.8) is 0 Å². The zero-order valence-electron chi connectivity index (χ0n) is 15.9. The van der Waals surface area contributed by atoms with E-state index in [2.05, 4.69) is 11.8 Å². The standard InChI is InChI=1S/C25H28O2/c1-2-6-20(7-3-1)10-11-21-12-15-24(16-13-21)26-19-27-25-17-14-22-8-4-5-9-23(22)18-25/h1-3,6-7,12-13,15-16,22-23,25H,4-5,8-9,14,17-19H2. The van der Waals surface area contributed by atoms with E-state index in [1.54, 1.807) is 0 Å². The van der Waals surface area contributed by atoms with E-state index in [0.29, 0.717) is 12.9 Å². The molecule has 2 aliphatic rings. The highest BCUT2D eigenvalue weighted by molar-refractivity contribution is 5.44. The lowest BCUT2D eigenvalue weighted by molar-refractivity contribution is -0.0708. The maximum absolute atomic E-state index is 6.02. The Morgan fingerprint density at radius 1 is 0.741 bits per heavy atom. The fourth-order valence-electron chi connectivity index (χ4n) is 4.48. The summed E-state index contributed by atoms with van der Waals surface area (Å²) in [6, 6.07) is 18.0. The van der Waals surface area contributed by atoms with Crippen LogP contribution in [0, 0.1) is 23.7 Å². The molecule has 2 aromatic rings. The second-order valence-electron chi connectivity index (χ2n) is 7.81. The highest BCUT2D eigenvalue weighted by Crippen LogP contribution is 2.41. The topological polar surface area (TPSA) is 18.5 Å². The fraction of sp³-hybridized carbons (Fsp3) is 0.440. The average molecular weight is 360 g/mol. The van der Waals surface area contributed by atoms with Gasteiger partial charge in [0.25, 0.3) is 0 Å².